The third kappa shape index (κ3) is 6.17. The van der Waals surface area contributed by atoms with E-state index in [4.69, 9.17) is 4.74 Å². The number of benzene rings is 1. The zero-order chi connectivity index (χ0) is 13.4. The standard InChI is InChI=1S/C14H20BrNO2/c1-11(2)16-9-5-8-14(17)18-10-12-6-3-4-7-13(12)15/h3-4,6-7,11,16H,5,8-10H2,1-2H3. The lowest BCUT2D eigenvalue weighted by atomic mass is 10.2. The first kappa shape index (κ1) is 15.2. The van der Waals surface area contributed by atoms with E-state index in [1.54, 1.807) is 0 Å². The van der Waals surface area contributed by atoms with E-state index >= 15 is 0 Å². The molecule has 0 amide bonds. The van der Waals surface area contributed by atoms with Crippen molar-refractivity contribution >= 4 is 21.9 Å². The Balaban J connectivity index is 2.19. The van der Waals surface area contributed by atoms with Gasteiger partial charge < -0.3 is 10.1 Å². The van der Waals surface area contributed by atoms with Crippen molar-refractivity contribution in [1.82, 2.24) is 5.32 Å². The summed E-state index contributed by atoms with van der Waals surface area (Å²) in [6.07, 6.45) is 1.27. The monoisotopic (exact) mass is 313 g/mol. The van der Waals surface area contributed by atoms with Crippen molar-refractivity contribution in [1.29, 1.82) is 0 Å². The van der Waals surface area contributed by atoms with Gasteiger partial charge >= 0.3 is 5.97 Å². The summed E-state index contributed by atoms with van der Waals surface area (Å²) in [5.74, 6) is -0.142. The van der Waals surface area contributed by atoms with E-state index < -0.39 is 0 Å². The van der Waals surface area contributed by atoms with Gasteiger partial charge in [-0.15, -0.1) is 0 Å². The molecule has 0 bridgehead atoms. The molecule has 1 N–H and O–H groups in total. The summed E-state index contributed by atoms with van der Waals surface area (Å²) >= 11 is 3.42. The molecule has 0 fully saturated rings. The first-order valence-electron chi connectivity index (χ1n) is 6.22. The predicted octanol–water partition coefficient (Wildman–Crippen LogP) is 3.27. The Morgan fingerprint density at radius 2 is 2.11 bits per heavy atom. The average Bonchev–Trinajstić information content (AvgIpc) is 2.33. The van der Waals surface area contributed by atoms with Crippen molar-refractivity contribution in [3.05, 3.63) is 34.3 Å². The Hall–Kier alpha value is -0.870. The Morgan fingerprint density at radius 1 is 1.39 bits per heavy atom. The molecule has 0 aliphatic heterocycles. The van der Waals surface area contributed by atoms with Gasteiger partial charge in [-0.05, 0) is 19.0 Å². The van der Waals surface area contributed by atoms with Crippen LogP contribution in [0.4, 0.5) is 0 Å². The van der Waals surface area contributed by atoms with Gasteiger partial charge in [0, 0.05) is 22.5 Å². The maximum atomic E-state index is 11.5. The number of carbonyl (C=O) groups excluding carboxylic acids is 1. The Bertz CT molecular complexity index is 380. The highest BCUT2D eigenvalue weighted by Crippen LogP contribution is 2.16. The number of nitrogens with one attached hydrogen (secondary N) is 1. The molecule has 0 unspecified atom stereocenters. The van der Waals surface area contributed by atoms with Crippen LogP contribution in [-0.2, 0) is 16.1 Å². The largest absolute Gasteiger partial charge is 0.461 e. The SMILES string of the molecule is CC(C)NCCCC(=O)OCc1ccccc1Br. The fourth-order valence-corrected chi connectivity index (χ4v) is 1.87. The van der Waals surface area contributed by atoms with Gasteiger partial charge in [-0.3, -0.25) is 4.79 Å². The van der Waals surface area contributed by atoms with Gasteiger partial charge in [0.2, 0.25) is 0 Å². The molecule has 0 atom stereocenters. The molecule has 1 rings (SSSR count). The minimum atomic E-state index is -0.142. The normalized spacial score (nSPS) is 10.7. The first-order valence-corrected chi connectivity index (χ1v) is 7.01. The number of ether oxygens (including phenoxy) is 1. The fourth-order valence-electron chi connectivity index (χ4n) is 1.47. The van der Waals surface area contributed by atoms with Crippen molar-refractivity contribution in [2.75, 3.05) is 6.54 Å². The predicted molar refractivity (Wildman–Crippen MR) is 76.3 cm³/mol. The molecule has 1 aromatic rings. The molecule has 4 heteroatoms. The number of esters is 1. The van der Waals surface area contributed by atoms with Crippen LogP contribution in [0.5, 0.6) is 0 Å². The minimum absolute atomic E-state index is 0.142. The number of hydrogen-bond donors (Lipinski definition) is 1. The summed E-state index contributed by atoms with van der Waals surface area (Å²) in [5.41, 5.74) is 0.992. The Morgan fingerprint density at radius 3 is 2.78 bits per heavy atom. The molecule has 0 aliphatic carbocycles. The average molecular weight is 314 g/mol. The molecular weight excluding hydrogens is 294 g/mol. The third-order valence-corrected chi connectivity index (χ3v) is 3.23. The van der Waals surface area contributed by atoms with Crippen LogP contribution >= 0.6 is 15.9 Å². The van der Waals surface area contributed by atoms with Crippen LogP contribution in [0.2, 0.25) is 0 Å². The molecule has 0 aromatic heterocycles. The molecule has 0 aliphatic rings. The molecular formula is C14H20BrNO2. The molecule has 0 saturated carbocycles. The van der Waals surface area contributed by atoms with Crippen LogP contribution in [-0.4, -0.2) is 18.6 Å². The molecule has 1 aromatic carbocycles. The quantitative estimate of drug-likeness (QED) is 0.620. The van der Waals surface area contributed by atoms with Gasteiger partial charge in [0.15, 0.2) is 0 Å². The zero-order valence-corrected chi connectivity index (χ0v) is 12.5. The first-order chi connectivity index (χ1) is 8.59. The highest BCUT2D eigenvalue weighted by Gasteiger charge is 2.05. The number of rotatable bonds is 7. The summed E-state index contributed by atoms with van der Waals surface area (Å²) in [6.45, 7) is 5.36. The van der Waals surface area contributed by atoms with Gasteiger partial charge in [-0.2, -0.15) is 0 Å². The maximum Gasteiger partial charge on any atom is 0.306 e. The van der Waals surface area contributed by atoms with Crippen LogP contribution < -0.4 is 5.32 Å². The molecule has 100 valence electrons. The van der Waals surface area contributed by atoms with Gasteiger partial charge in [0.05, 0.1) is 0 Å². The maximum absolute atomic E-state index is 11.5. The van der Waals surface area contributed by atoms with E-state index in [1.165, 1.54) is 0 Å². The lowest BCUT2D eigenvalue weighted by Gasteiger charge is -2.08. The lowest BCUT2D eigenvalue weighted by Crippen LogP contribution is -2.24. The smallest absolute Gasteiger partial charge is 0.306 e. The van der Waals surface area contributed by atoms with Crippen LogP contribution in [0.3, 0.4) is 0 Å². The van der Waals surface area contributed by atoms with Crippen molar-refractivity contribution < 1.29 is 9.53 Å². The molecule has 0 heterocycles. The van der Waals surface area contributed by atoms with Crippen molar-refractivity contribution in [3.8, 4) is 0 Å². The fraction of sp³-hybridized carbons (Fsp3) is 0.500. The summed E-state index contributed by atoms with van der Waals surface area (Å²) in [5, 5.41) is 3.27. The second kappa shape index (κ2) is 8.27. The second-order valence-electron chi connectivity index (χ2n) is 4.46. The van der Waals surface area contributed by atoms with E-state index in [0.717, 1.165) is 23.0 Å². The molecule has 3 nitrogen and oxygen atoms in total. The number of hydrogen-bond acceptors (Lipinski definition) is 3. The van der Waals surface area contributed by atoms with E-state index in [-0.39, 0.29) is 5.97 Å². The van der Waals surface area contributed by atoms with Gasteiger partial charge in [-0.1, -0.05) is 48.0 Å². The van der Waals surface area contributed by atoms with Crippen molar-refractivity contribution in [2.45, 2.75) is 39.3 Å². The van der Waals surface area contributed by atoms with Crippen LogP contribution in [0.25, 0.3) is 0 Å². The van der Waals surface area contributed by atoms with E-state index in [0.29, 0.717) is 19.1 Å². The van der Waals surface area contributed by atoms with Crippen molar-refractivity contribution in [2.24, 2.45) is 0 Å². The van der Waals surface area contributed by atoms with Gasteiger partial charge in [-0.25, -0.2) is 0 Å². The topological polar surface area (TPSA) is 38.3 Å². The molecule has 0 spiro atoms. The molecule has 0 saturated heterocycles. The molecule has 0 radical (unpaired) electrons. The van der Waals surface area contributed by atoms with Gasteiger partial charge in [0.25, 0.3) is 0 Å². The summed E-state index contributed by atoms with van der Waals surface area (Å²) in [4.78, 5) is 11.5. The summed E-state index contributed by atoms with van der Waals surface area (Å²) < 4.78 is 6.19. The minimum Gasteiger partial charge on any atom is -0.461 e. The number of carbonyl (C=O) groups is 1. The van der Waals surface area contributed by atoms with E-state index in [2.05, 4.69) is 35.1 Å². The van der Waals surface area contributed by atoms with E-state index in [9.17, 15) is 4.79 Å². The molecule has 18 heavy (non-hydrogen) atoms. The van der Waals surface area contributed by atoms with Crippen LogP contribution in [0.1, 0.15) is 32.3 Å². The highest BCUT2D eigenvalue weighted by molar-refractivity contribution is 9.10. The summed E-state index contributed by atoms with van der Waals surface area (Å²) in [7, 11) is 0. The van der Waals surface area contributed by atoms with Crippen LogP contribution in [0, 0.1) is 0 Å². The lowest BCUT2D eigenvalue weighted by molar-refractivity contribution is -0.145. The highest BCUT2D eigenvalue weighted by atomic mass is 79.9. The van der Waals surface area contributed by atoms with Gasteiger partial charge in [0.1, 0.15) is 6.61 Å². The Labute approximate surface area is 117 Å². The van der Waals surface area contributed by atoms with Crippen LogP contribution in [0.15, 0.2) is 28.7 Å². The number of halogens is 1. The van der Waals surface area contributed by atoms with E-state index in [1.807, 2.05) is 24.3 Å². The summed E-state index contributed by atoms with van der Waals surface area (Å²) in [6, 6.07) is 8.21. The Kier molecular flexibility index (Phi) is 6.98. The zero-order valence-electron chi connectivity index (χ0n) is 10.9. The van der Waals surface area contributed by atoms with Crippen molar-refractivity contribution in [3.63, 3.8) is 0 Å². The third-order valence-electron chi connectivity index (χ3n) is 2.46. The second-order valence-corrected chi connectivity index (χ2v) is 5.32.